The predicted molar refractivity (Wildman–Crippen MR) is 84.1 cm³/mol. The summed E-state index contributed by atoms with van der Waals surface area (Å²) in [4.78, 5) is 3.23. The van der Waals surface area contributed by atoms with Crippen molar-refractivity contribution < 1.29 is 30.5 Å². The molecule has 0 saturated heterocycles. The summed E-state index contributed by atoms with van der Waals surface area (Å²) >= 11 is 1.04. The van der Waals surface area contributed by atoms with Gasteiger partial charge in [-0.15, -0.1) is 11.3 Å². The average Bonchev–Trinajstić information content (AvgIpc) is 3.10. The molecule has 3 rings (SSSR count). The zero-order valence-electron chi connectivity index (χ0n) is 12.8. The minimum absolute atomic E-state index is 0.146. The van der Waals surface area contributed by atoms with Crippen LogP contribution < -0.4 is 5.14 Å². The Kier molecular flexibility index (Phi) is 4.37. The number of thiazole rings is 1. The minimum Gasteiger partial charge on any atom is -0.350 e. The highest BCUT2D eigenvalue weighted by Crippen LogP contribution is 2.43. The van der Waals surface area contributed by atoms with Crippen molar-refractivity contribution in [3.8, 4) is 21.8 Å². The van der Waals surface area contributed by atoms with Crippen LogP contribution in [0.15, 0.2) is 33.0 Å². The molecule has 0 fully saturated rings. The maximum Gasteiger partial charge on any atom is 0.453 e. The van der Waals surface area contributed by atoms with E-state index in [2.05, 4.69) is 14.7 Å². The molecule has 0 saturated carbocycles. The van der Waals surface area contributed by atoms with Crippen LogP contribution >= 0.6 is 11.3 Å². The van der Waals surface area contributed by atoms with Crippen molar-refractivity contribution in [2.24, 2.45) is 5.14 Å². The first-order valence-electron chi connectivity index (χ1n) is 6.80. The number of hydrogen-bond donors (Lipinski definition) is 1. The topological polar surface area (TPSA) is 99.1 Å². The van der Waals surface area contributed by atoms with Gasteiger partial charge in [0.2, 0.25) is 15.8 Å². The molecule has 138 valence electrons. The molecule has 26 heavy (non-hydrogen) atoms. The van der Waals surface area contributed by atoms with E-state index in [4.69, 9.17) is 5.14 Å². The van der Waals surface area contributed by atoms with Crippen LogP contribution in [0.25, 0.3) is 21.8 Å². The van der Waals surface area contributed by atoms with Crippen LogP contribution in [0.3, 0.4) is 0 Å². The molecular weight excluding hydrogens is 398 g/mol. The summed E-state index contributed by atoms with van der Waals surface area (Å²) in [6.07, 6.45) is -4.90. The fourth-order valence-corrected chi connectivity index (χ4v) is 3.62. The molecule has 0 amide bonds. The third-order valence-corrected chi connectivity index (χ3v) is 5.21. The van der Waals surface area contributed by atoms with Crippen LogP contribution in [0.2, 0.25) is 0 Å². The van der Waals surface area contributed by atoms with E-state index in [1.807, 2.05) is 0 Å². The summed E-state index contributed by atoms with van der Waals surface area (Å²) in [5.74, 6) is -2.73. The van der Waals surface area contributed by atoms with Crippen LogP contribution in [0.1, 0.15) is 11.5 Å². The Morgan fingerprint density at radius 1 is 1.27 bits per heavy atom. The molecule has 0 bridgehead atoms. The molecule has 0 aliphatic rings. The Bertz CT molecular complexity index is 1090. The number of alkyl halides is 3. The number of rotatable bonds is 3. The van der Waals surface area contributed by atoms with Crippen molar-refractivity contribution in [1.29, 1.82) is 0 Å². The lowest BCUT2D eigenvalue weighted by atomic mass is 10.0. The van der Waals surface area contributed by atoms with E-state index in [9.17, 15) is 26.0 Å². The van der Waals surface area contributed by atoms with Gasteiger partial charge in [0.15, 0.2) is 5.69 Å². The molecular formula is C14H9F4N3O3S2. The second-order valence-electron chi connectivity index (χ2n) is 5.22. The molecule has 0 unspecified atom stereocenters. The molecule has 0 aliphatic carbocycles. The number of aromatic nitrogens is 2. The third-order valence-electron chi connectivity index (χ3n) is 3.30. The molecule has 1 aromatic carbocycles. The molecule has 3 aromatic rings. The van der Waals surface area contributed by atoms with E-state index in [1.54, 1.807) is 12.3 Å². The van der Waals surface area contributed by atoms with E-state index in [1.165, 1.54) is 0 Å². The van der Waals surface area contributed by atoms with E-state index >= 15 is 0 Å². The summed E-state index contributed by atoms with van der Waals surface area (Å²) in [7, 11) is -4.36. The Morgan fingerprint density at radius 2 is 1.96 bits per heavy atom. The van der Waals surface area contributed by atoms with Crippen molar-refractivity contribution >= 4 is 21.4 Å². The lowest BCUT2D eigenvalue weighted by molar-refractivity contribution is -0.154. The van der Waals surface area contributed by atoms with Gasteiger partial charge in [-0.1, -0.05) is 11.2 Å². The van der Waals surface area contributed by atoms with Gasteiger partial charge in [0, 0.05) is 11.1 Å². The van der Waals surface area contributed by atoms with Gasteiger partial charge in [-0.3, -0.25) is 0 Å². The Morgan fingerprint density at radius 3 is 2.46 bits per heavy atom. The molecule has 0 spiro atoms. The second-order valence-corrected chi connectivity index (χ2v) is 7.61. The van der Waals surface area contributed by atoms with Gasteiger partial charge < -0.3 is 4.52 Å². The van der Waals surface area contributed by atoms with Crippen molar-refractivity contribution in [2.75, 3.05) is 0 Å². The van der Waals surface area contributed by atoms with E-state index in [-0.39, 0.29) is 16.3 Å². The summed E-state index contributed by atoms with van der Waals surface area (Å²) in [6, 6.07) is 2.41. The molecule has 6 nitrogen and oxygen atoms in total. The molecule has 2 heterocycles. The largest absolute Gasteiger partial charge is 0.453 e. The quantitative estimate of drug-likeness (QED) is 0.669. The maximum absolute atomic E-state index is 14.1. The number of aryl methyl sites for hydroxylation is 1. The summed E-state index contributed by atoms with van der Waals surface area (Å²) in [6.45, 7) is 1.64. The highest BCUT2D eigenvalue weighted by atomic mass is 32.2. The number of sulfonamides is 1. The Hall–Kier alpha value is -2.31. The van der Waals surface area contributed by atoms with Crippen LogP contribution in [0.4, 0.5) is 17.6 Å². The number of nitrogens with two attached hydrogens (primary N) is 1. The van der Waals surface area contributed by atoms with Crippen molar-refractivity contribution in [3.63, 3.8) is 0 Å². The van der Waals surface area contributed by atoms with E-state index in [0.717, 1.165) is 23.5 Å². The Balaban J connectivity index is 2.26. The predicted octanol–water partition coefficient (Wildman–Crippen LogP) is 3.58. The molecule has 0 radical (unpaired) electrons. The highest BCUT2D eigenvalue weighted by molar-refractivity contribution is 7.89. The van der Waals surface area contributed by atoms with Crippen LogP contribution in [0.5, 0.6) is 0 Å². The normalized spacial score (nSPS) is 12.5. The number of primary sulfonamides is 1. The summed E-state index contributed by atoms with van der Waals surface area (Å²) in [5, 5.41) is 10.0. The number of benzene rings is 1. The van der Waals surface area contributed by atoms with Gasteiger partial charge in [-0.05, 0) is 24.6 Å². The van der Waals surface area contributed by atoms with Crippen molar-refractivity contribution in [1.82, 2.24) is 10.1 Å². The standard InChI is InChI=1S/C14H9F4N3O3S2/c1-6-5-25-13(20-6)11-10(12(24-21-11)14(16,17)18)7-2-3-9(8(15)4-7)26(19,22)23/h2-5H,1H3,(H2,19,22,23). The number of nitrogens with zero attached hydrogens (tertiary/aromatic N) is 2. The van der Waals surface area contributed by atoms with Gasteiger partial charge in [0.05, 0.1) is 5.56 Å². The fourth-order valence-electron chi connectivity index (χ4n) is 2.25. The van der Waals surface area contributed by atoms with Gasteiger partial charge in [0.1, 0.15) is 15.7 Å². The fraction of sp³-hybridized carbons (Fsp3) is 0.143. The minimum atomic E-state index is -4.90. The lowest BCUT2D eigenvalue weighted by Gasteiger charge is -2.08. The average molecular weight is 407 g/mol. The first-order valence-corrected chi connectivity index (χ1v) is 9.23. The zero-order valence-corrected chi connectivity index (χ0v) is 14.5. The van der Waals surface area contributed by atoms with Crippen LogP contribution in [-0.4, -0.2) is 18.6 Å². The second kappa shape index (κ2) is 6.14. The number of hydrogen-bond acceptors (Lipinski definition) is 6. The van der Waals surface area contributed by atoms with Crippen molar-refractivity contribution in [2.45, 2.75) is 18.0 Å². The van der Waals surface area contributed by atoms with E-state index in [0.29, 0.717) is 11.8 Å². The van der Waals surface area contributed by atoms with Gasteiger partial charge in [-0.2, -0.15) is 13.2 Å². The molecule has 0 aliphatic heterocycles. The third kappa shape index (κ3) is 3.34. The van der Waals surface area contributed by atoms with Gasteiger partial charge in [0.25, 0.3) is 0 Å². The van der Waals surface area contributed by atoms with Gasteiger partial charge in [-0.25, -0.2) is 22.9 Å². The summed E-state index contributed by atoms with van der Waals surface area (Å²) in [5.41, 5.74) is -0.473. The smallest absolute Gasteiger partial charge is 0.350 e. The molecule has 2 aromatic heterocycles. The van der Waals surface area contributed by atoms with Gasteiger partial charge >= 0.3 is 6.18 Å². The van der Waals surface area contributed by atoms with Crippen LogP contribution in [-0.2, 0) is 16.2 Å². The molecule has 12 heteroatoms. The highest BCUT2D eigenvalue weighted by Gasteiger charge is 2.41. The Labute approximate surface area is 148 Å². The molecule has 2 N–H and O–H groups in total. The maximum atomic E-state index is 14.1. The zero-order chi connectivity index (χ0) is 19.3. The van der Waals surface area contributed by atoms with E-state index < -0.39 is 38.2 Å². The first-order chi connectivity index (χ1) is 12.0. The first kappa shape index (κ1) is 18.5. The SMILES string of the molecule is Cc1csc(-c2noc(C(F)(F)F)c2-c2ccc(S(N)(=O)=O)c(F)c2)n1. The monoisotopic (exact) mass is 407 g/mol. The van der Waals surface area contributed by atoms with Crippen molar-refractivity contribution in [3.05, 3.63) is 40.9 Å². The van der Waals surface area contributed by atoms with Crippen LogP contribution in [0, 0.1) is 12.7 Å². The number of halogens is 4. The lowest BCUT2D eigenvalue weighted by Crippen LogP contribution is -2.14. The summed E-state index contributed by atoms with van der Waals surface area (Å²) < 4.78 is 80.9. The molecule has 0 atom stereocenters.